The van der Waals surface area contributed by atoms with Gasteiger partial charge in [-0.3, -0.25) is 4.79 Å². The smallest absolute Gasteiger partial charge is 0.295 e. The number of amides is 1. The fourth-order valence-electron chi connectivity index (χ4n) is 3.70. The normalized spacial score (nSPS) is 16.7. The minimum Gasteiger partial charge on any atom is -0.343 e. The Morgan fingerprint density at radius 3 is 2.74 bits per heavy atom. The van der Waals surface area contributed by atoms with Crippen molar-refractivity contribution < 1.29 is 18.1 Å². The van der Waals surface area contributed by atoms with Crippen LogP contribution < -0.4 is 5.32 Å². The van der Waals surface area contributed by atoms with Crippen LogP contribution in [0.15, 0.2) is 22.7 Å². The molecule has 27 heavy (non-hydrogen) atoms. The zero-order valence-corrected chi connectivity index (χ0v) is 14.8. The Morgan fingerprint density at radius 1 is 1.26 bits per heavy atom. The Balaban J connectivity index is 1.68. The van der Waals surface area contributed by atoms with Crippen molar-refractivity contribution in [1.29, 1.82) is 0 Å². The number of halogens is 2. The van der Waals surface area contributed by atoms with E-state index < -0.39 is 12.0 Å². The van der Waals surface area contributed by atoms with E-state index in [0.29, 0.717) is 22.4 Å². The molecule has 1 aliphatic rings. The predicted molar refractivity (Wildman–Crippen MR) is 92.9 cm³/mol. The molecule has 7 nitrogen and oxygen atoms in total. The lowest BCUT2D eigenvalue weighted by Gasteiger charge is -2.34. The number of benzene rings is 1. The Bertz CT molecular complexity index is 975. The standard InChI is InChI=1S/C18H19F2N5O2/c1-10(26)24-18(7-3-2-4-8-18)17-23-16(27-25-17)11-5-6-12-13(9-11)22-15(21-12)14(19)20/h5-6,9,14H,2-4,7-8H2,1H3,(H,21,22)(H,24,26). The molecule has 1 amide bonds. The lowest BCUT2D eigenvalue weighted by Crippen LogP contribution is -2.47. The minimum absolute atomic E-state index is 0.137. The molecule has 4 rings (SSSR count). The van der Waals surface area contributed by atoms with Gasteiger partial charge in [-0.05, 0) is 31.0 Å². The summed E-state index contributed by atoms with van der Waals surface area (Å²) in [6, 6.07) is 4.97. The van der Waals surface area contributed by atoms with Gasteiger partial charge in [-0.1, -0.05) is 24.4 Å². The molecular formula is C18H19F2N5O2. The monoisotopic (exact) mass is 375 g/mol. The van der Waals surface area contributed by atoms with Crippen molar-refractivity contribution in [3.05, 3.63) is 29.8 Å². The van der Waals surface area contributed by atoms with Gasteiger partial charge in [0, 0.05) is 12.5 Å². The number of nitrogens with zero attached hydrogens (tertiary/aromatic N) is 3. The second-order valence-corrected chi connectivity index (χ2v) is 6.90. The third kappa shape index (κ3) is 3.29. The summed E-state index contributed by atoms with van der Waals surface area (Å²) in [5.74, 6) is 0.211. The minimum atomic E-state index is -2.67. The van der Waals surface area contributed by atoms with Crippen LogP contribution in [0.1, 0.15) is 57.1 Å². The molecule has 2 N–H and O–H groups in total. The fraction of sp³-hybridized carbons (Fsp3) is 0.444. The first-order chi connectivity index (χ1) is 13.0. The molecular weight excluding hydrogens is 356 g/mol. The van der Waals surface area contributed by atoms with E-state index in [1.807, 2.05) is 0 Å². The first-order valence-electron chi connectivity index (χ1n) is 8.88. The van der Waals surface area contributed by atoms with Crippen LogP contribution >= 0.6 is 0 Å². The summed E-state index contributed by atoms with van der Waals surface area (Å²) in [6.07, 6.45) is 1.89. The predicted octanol–water partition coefficient (Wildman–Crippen LogP) is 3.85. The molecule has 142 valence electrons. The number of aromatic amines is 1. The van der Waals surface area contributed by atoms with E-state index in [4.69, 9.17) is 4.52 Å². The van der Waals surface area contributed by atoms with Crippen molar-refractivity contribution in [1.82, 2.24) is 25.4 Å². The maximum atomic E-state index is 12.8. The summed E-state index contributed by atoms with van der Waals surface area (Å²) in [5, 5.41) is 7.11. The van der Waals surface area contributed by atoms with Crippen LogP contribution in [-0.2, 0) is 10.3 Å². The second kappa shape index (κ2) is 6.71. The average molecular weight is 375 g/mol. The van der Waals surface area contributed by atoms with E-state index in [0.717, 1.165) is 32.1 Å². The molecule has 0 radical (unpaired) electrons. The fourth-order valence-corrected chi connectivity index (χ4v) is 3.70. The molecule has 1 fully saturated rings. The highest BCUT2D eigenvalue weighted by Gasteiger charge is 2.39. The van der Waals surface area contributed by atoms with E-state index in [9.17, 15) is 13.6 Å². The molecule has 0 atom stereocenters. The Labute approximate surface area is 153 Å². The van der Waals surface area contributed by atoms with Gasteiger partial charge in [0.05, 0.1) is 11.0 Å². The Kier molecular flexibility index (Phi) is 4.37. The van der Waals surface area contributed by atoms with E-state index in [-0.39, 0.29) is 17.6 Å². The van der Waals surface area contributed by atoms with Crippen LogP contribution in [0.4, 0.5) is 8.78 Å². The van der Waals surface area contributed by atoms with Crippen LogP contribution in [0.2, 0.25) is 0 Å². The second-order valence-electron chi connectivity index (χ2n) is 6.90. The highest BCUT2D eigenvalue weighted by atomic mass is 19.3. The van der Waals surface area contributed by atoms with Crippen LogP contribution in [0.5, 0.6) is 0 Å². The van der Waals surface area contributed by atoms with Crippen molar-refractivity contribution in [2.45, 2.75) is 51.0 Å². The lowest BCUT2D eigenvalue weighted by atomic mass is 9.81. The molecule has 0 saturated heterocycles. The first-order valence-corrected chi connectivity index (χ1v) is 8.88. The van der Waals surface area contributed by atoms with Crippen LogP contribution in [0.25, 0.3) is 22.5 Å². The number of hydrogen-bond acceptors (Lipinski definition) is 5. The van der Waals surface area contributed by atoms with Crippen LogP contribution in [0.3, 0.4) is 0 Å². The molecule has 1 aliphatic carbocycles. The van der Waals surface area contributed by atoms with Crippen molar-refractivity contribution in [3.63, 3.8) is 0 Å². The van der Waals surface area contributed by atoms with E-state index in [2.05, 4.69) is 25.4 Å². The number of rotatable bonds is 4. The number of nitrogens with one attached hydrogen (secondary N) is 2. The number of fused-ring (bicyclic) bond motifs is 1. The molecule has 2 heterocycles. The van der Waals surface area contributed by atoms with Gasteiger partial charge in [-0.2, -0.15) is 4.98 Å². The summed E-state index contributed by atoms with van der Waals surface area (Å²) in [4.78, 5) is 22.7. The first kappa shape index (κ1) is 17.6. The quantitative estimate of drug-likeness (QED) is 0.722. The third-order valence-corrected chi connectivity index (χ3v) is 4.93. The molecule has 0 aliphatic heterocycles. The van der Waals surface area contributed by atoms with Gasteiger partial charge in [-0.15, -0.1) is 0 Å². The van der Waals surface area contributed by atoms with Crippen molar-refractivity contribution in [3.8, 4) is 11.5 Å². The zero-order valence-electron chi connectivity index (χ0n) is 14.8. The Morgan fingerprint density at radius 2 is 2.04 bits per heavy atom. The Hall–Kier alpha value is -2.84. The third-order valence-electron chi connectivity index (χ3n) is 4.93. The number of hydrogen-bond donors (Lipinski definition) is 2. The maximum absolute atomic E-state index is 12.8. The summed E-state index contributed by atoms with van der Waals surface area (Å²) in [7, 11) is 0. The number of H-pyrrole nitrogens is 1. The van der Waals surface area contributed by atoms with Gasteiger partial charge >= 0.3 is 0 Å². The number of alkyl halides is 2. The van der Waals surface area contributed by atoms with Gasteiger partial charge in [-0.25, -0.2) is 13.8 Å². The number of carbonyl (C=O) groups is 1. The van der Waals surface area contributed by atoms with E-state index in [1.54, 1.807) is 18.2 Å². The van der Waals surface area contributed by atoms with Crippen LogP contribution in [0, 0.1) is 0 Å². The number of carbonyl (C=O) groups excluding carboxylic acids is 1. The van der Waals surface area contributed by atoms with Crippen molar-refractivity contribution in [2.75, 3.05) is 0 Å². The van der Waals surface area contributed by atoms with Gasteiger partial charge in [0.2, 0.25) is 5.91 Å². The summed E-state index contributed by atoms with van der Waals surface area (Å²) >= 11 is 0. The summed E-state index contributed by atoms with van der Waals surface area (Å²) in [6.45, 7) is 1.48. The molecule has 0 unspecified atom stereocenters. The van der Waals surface area contributed by atoms with Gasteiger partial charge < -0.3 is 14.8 Å². The summed E-state index contributed by atoms with van der Waals surface area (Å²) in [5.41, 5.74) is 0.888. The molecule has 1 saturated carbocycles. The molecule has 3 aromatic rings. The van der Waals surface area contributed by atoms with Crippen molar-refractivity contribution in [2.24, 2.45) is 0 Å². The van der Waals surface area contributed by atoms with Gasteiger partial charge in [0.15, 0.2) is 11.6 Å². The molecule has 2 aromatic heterocycles. The molecule has 0 bridgehead atoms. The van der Waals surface area contributed by atoms with E-state index >= 15 is 0 Å². The highest BCUT2D eigenvalue weighted by Crippen LogP contribution is 2.36. The van der Waals surface area contributed by atoms with Crippen molar-refractivity contribution >= 4 is 16.9 Å². The van der Waals surface area contributed by atoms with E-state index in [1.165, 1.54) is 6.92 Å². The lowest BCUT2D eigenvalue weighted by molar-refractivity contribution is -0.121. The SMILES string of the molecule is CC(=O)NC1(c2noc(-c3ccc4nc(C(F)F)[nH]c4c3)n2)CCCCC1. The average Bonchev–Trinajstić information content (AvgIpc) is 3.29. The van der Waals surface area contributed by atoms with Crippen LogP contribution in [-0.4, -0.2) is 26.0 Å². The topological polar surface area (TPSA) is 96.7 Å². The maximum Gasteiger partial charge on any atom is 0.295 e. The van der Waals surface area contributed by atoms with Gasteiger partial charge in [0.1, 0.15) is 5.54 Å². The summed E-state index contributed by atoms with van der Waals surface area (Å²) < 4.78 is 31.0. The highest BCUT2D eigenvalue weighted by molar-refractivity contribution is 5.80. The largest absolute Gasteiger partial charge is 0.343 e. The number of imidazole rings is 1. The molecule has 0 spiro atoms. The molecule has 1 aromatic carbocycles. The molecule has 9 heteroatoms. The van der Waals surface area contributed by atoms with Gasteiger partial charge in [0.25, 0.3) is 12.3 Å². The number of aromatic nitrogens is 4. The zero-order chi connectivity index (χ0) is 19.0.